The molecule has 0 saturated heterocycles. The van der Waals surface area contributed by atoms with Crippen LogP contribution >= 0.6 is 23.2 Å². The van der Waals surface area contributed by atoms with Crippen LogP contribution in [0.25, 0.3) is 11.3 Å². The van der Waals surface area contributed by atoms with Gasteiger partial charge >= 0.3 is 0 Å². The van der Waals surface area contributed by atoms with Crippen molar-refractivity contribution in [1.29, 1.82) is 0 Å². The quantitative estimate of drug-likeness (QED) is 0.0904. The highest BCUT2D eigenvalue weighted by Gasteiger charge is 2.13. The third kappa shape index (κ3) is 10.4. The van der Waals surface area contributed by atoms with Gasteiger partial charge in [0.2, 0.25) is 5.91 Å². The van der Waals surface area contributed by atoms with Gasteiger partial charge in [-0.3, -0.25) is 14.6 Å². The molecule has 3 aromatic rings. The summed E-state index contributed by atoms with van der Waals surface area (Å²) in [5.41, 5.74) is 9.94. The van der Waals surface area contributed by atoms with Gasteiger partial charge in [0.05, 0.1) is 0 Å². The Morgan fingerprint density at radius 2 is 1.59 bits per heavy atom. The molecule has 0 fully saturated rings. The monoisotopic (exact) mass is 599 g/mol. The van der Waals surface area contributed by atoms with Crippen LogP contribution in [0.2, 0.25) is 0 Å². The molecular formula is C31H39Cl2N5O3. The molecular weight excluding hydrogens is 561 g/mol. The van der Waals surface area contributed by atoms with E-state index in [0.717, 1.165) is 42.7 Å². The second-order valence-corrected chi connectivity index (χ2v) is 10.6. The normalized spacial score (nSPS) is 11.5. The molecule has 0 saturated carbocycles. The van der Waals surface area contributed by atoms with Gasteiger partial charge in [-0.05, 0) is 56.5 Å². The molecule has 0 atom stereocenters. The minimum Gasteiger partial charge on any atom is -0.451 e. The highest BCUT2D eigenvalue weighted by molar-refractivity contribution is 6.18. The Bertz CT molecular complexity index is 1270. The van der Waals surface area contributed by atoms with Gasteiger partial charge in [0.1, 0.15) is 11.6 Å². The largest absolute Gasteiger partial charge is 0.451 e. The molecule has 0 aliphatic carbocycles. The van der Waals surface area contributed by atoms with Crippen LogP contribution in [0.5, 0.6) is 0 Å². The number of amides is 2. The van der Waals surface area contributed by atoms with Crippen molar-refractivity contribution >= 4 is 46.5 Å². The van der Waals surface area contributed by atoms with Crippen molar-refractivity contribution in [3.63, 3.8) is 0 Å². The van der Waals surface area contributed by atoms with E-state index in [2.05, 4.69) is 44.8 Å². The summed E-state index contributed by atoms with van der Waals surface area (Å²) in [5, 5.41) is 5.62. The van der Waals surface area contributed by atoms with Crippen molar-refractivity contribution in [3.05, 3.63) is 77.6 Å². The van der Waals surface area contributed by atoms with Gasteiger partial charge in [-0.1, -0.05) is 36.4 Å². The van der Waals surface area contributed by atoms with E-state index in [-0.39, 0.29) is 23.6 Å². The zero-order chi connectivity index (χ0) is 29.6. The lowest BCUT2D eigenvalue weighted by atomic mass is 10.1. The summed E-state index contributed by atoms with van der Waals surface area (Å²) in [4.78, 5) is 31.2. The Morgan fingerprint density at radius 1 is 0.927 bits per heavy atom. The first-order valence-corrected chi connectivity index (χ1v) is 14.9. The number of rotatable bonds is 16. The number of carbonyl (C=O) groups excluding carboxylic acids is 2. The predicted molar refractivity (Wildman–Crippen MR) is 168 cm³/mol. The number of nitrogens with two attached hydrogens (primary N) is 1. The number of hydrogen-bond acceptors (Lipinski definition) is 5. The smallest absolute Gasteiger partial charge is 0.287 e. The third-order valence-electron chi connectivity index (χ3n) is 6.30. The lowest BCUT2D eigenvalue weighted by molar-refractivity contribution is -0.121. The Labute approximate surface area is 252 Å². The standard InChI is InChI=1S/C31H39Cl2N5O3/c1-22(2)37-30(34)25-10-8-24(9-11-25)27-14-15-28(41-27)31(40)36-19-18-35-29(39)5-3-4-23-6-12-26(13-7-23)38(20-16-32)21-17-33/h6-15,22H,3-5,16-21H2,1-2H3,(H2,34,37)(H,35,39)(H,36,40). The second kappa shape index (κ2) is 16.7. The predicted octanol–water partition coefficient (Wildman–Crippen LogP) is 5.21. The van der Waals surface area contributed by atoms with E-state index in [1.165, 1.54) is 5.56 Å². The van der Waals surface area contributed by atoms with Crippen molar-refractivity contribution in [3.8, 4) is 11.3 Å². The minimum atomic E-state index is -0.338. The fourth-order valence-corrected chi connectivity index (χ4v) is 4.64. The van der Waals surface area contributed by atoms with E-state index >= 15 is 0 Å². The zero-order valence-electron chi connectivity index (χ0n) is 23.7. The lowest BCUT2D eigenvalue weighted by Crippen LogP contribution is -2.34. The first-order chi connectivity index (χ1) is 19.8. The van der Waals surface area contributed by atoms with Crippen molar-refractivity contribution in [2.24, 2.45) is 10.7 Å². The Hall–Kier alpha value is -3.49. The van der Waals surface area contributed by atoms with Crippen LogP contribution in [0, 0.1) is 0 Å². The third-order valence-corrected chi connectivity index (χ3v) is 6.64. The highest BCUT2D eigenvalue weighted by Crippen LogP contribution is 2.23. The Kier molecular flexibility index (Phi) is 13.0. The van der Waals surface area contributed by atoms with Gasteiger partial charge < -0.3 is 25.7 Å². The number of nitrogens with zero attached hydrogens (tertiary/aromatic N) is 2. The number of nitrogens with one attached hydrogen (secondary N) is 2. The molecule has 3 rings (SSSR count). The number of aliphatic imine (C=N–C) groups is 1. The van der Waals surface area contributed by atoms with Crippen LogP contribution in [0.4, 0.5) is 5.69 Å². The highest BCUT2D eigenvalue weighted by atomic mass is 35.5. The van der Waals surface area contributed by atoms with Gasteiger partial charge in [-0.25, -0.2) is 0 Å². The van der Waals surface area contributed by atoms with Crippen LogP contribution in [-0.2, 0) is 11.2 Å². The molecule has 0 aliphatic heterocycles. The topological polar surface area (TPSA) is 113 Å². The number of carbonyl (C=O) groups is 2. The fraction of sp³-hybridized carbons (Fsp3) is 0.387. The zero-order valence-corrected chi connectivity index (χ0v) is 25.2. The molecule has 10 heteroatoms. The van der Waals surface area contributed by atoms with E-state index in [9.17, 15) is 9.59 Å². The van der Waals surface area contributed by atoms with Crippen LogP contribution < -0.4 is 21.3 Å². The van der Waals surface area contributed by atoms with Gasteiger partial charge in [0.25, 0.3) is 5.91 Å². The van der Waals surface area contributed by atoms with Crippen molar-refractivity contribution < 1.29 is 14.0 Å². The summed E-state index contributed by atoms with van der Waals surface area (Å²) in [6.45, 7) is 6.07. The summed E-state index contributed by atoms with van der Waals surface area (Å²) < 4.78 is 5.74. The second-order valence-electron chi connectivity index (χ2n) is 9.84. The van der Waals surface area contributed by atoms with Crippen molar-refractivity contribution in [1.82, 2.24) is 10.6 Å². The summed E-state index contributed by atoms with van der Waals surface area (Å²) in [5.74, 6) is 1.97. The molecule has 2 amide bonds. The van der Waals surface area contributed by atoms with Gasteiger partial charge in [0, 0.05) is 67.2 Å². The van der Waals surface area contributed by atoms with Gasteiger partial charge in [-0.15, -0.1) is 23.2 Å². The molecule has 1 aromatic heterocycles. The van der Waals surface area contributed by atoms with Gasteiger partial charge in [-0.2, -0.15) is 0 Å². The van der Waals surface area contributed by atoms with Crippen LogP contribution in [-0.4, -0.2) is 61.6 Å². The molecule has 0 spiro atoms. The maximum Gasteiger partial charge on any atom is 0.287 e. The summed E-state index contributed by atoms with van der Waals surface area (Å²) in [6.07, 6.45) is 1.95. The number of anilines is 1. The van der Waals surface area contributed by atoms with Gasteiger partial charge in [0.15, 0.2) is 5.76 Å². The maximum absolute atomic E-state index is 12.5. The van der Waals surface area contributed by atoms with E-state index in [0.29, 0.717) is 42.9 Å². The summed E-state index contributed by atoms with van der Waals surface area (Å²) in [7, 11) is 0. The molecule has 220 valence electrons. The SMILES string of the molecule is CC(C)N=C(N)c1ccc(-c2ccc(C(=O)NCCNC(=O)CCCc3ccc(N(CCCl)CCCl)cc3)o2)cc1. The summed E-state index contributed by atoms with van der Waals surface area (Å²) in [6, 6.07) is 19.3. The van der Waals surface area contributed by atoms with Crippen molar-refractivity contribution in [2.45, 2.75) is 39.2 Å². The Morgan fingerprint density at radius 3 is 2.22 bits per heavy atom. The molecule has 2 aromatic carbocycles. The molecule has 0 aliphatic rings. The molecule has 1 heterocycles. The van der Waals surface area contributed by atoms with E-state index < -0.39 is 0 Å². The lowest BCUT2D eigenvalue weighted by Gasteiger charge is -2.23. The fourth-order valence-electron chi connectivity index (χ4n) is 4.23. The van der Waals surface area contributed by atoms with Crippen molar-refractivity contribution in [2.75, 3.05) is 42.8 Å². The number of hydrogen-bond donors (Lipinski definition) is 3. The Balaban J connectivity index is 1.36. The van der Waals surface area contributed by atoms with E-state index in [1.54, 1.807) is 12.1 Å². The van der Waals surface area contributed by atoms with Crippen LogP contribution in [0.15, 0.2) is 70.1 Å². The molecule has 8 nitrogen and oxygen atoms in total. The first kappa shape index (κ1) is 32.0. The molecule has 0 unspecified atom stereocenters. The van der Waals surface area contributed by atoms with E-state index in [4.69, 9.17) is 33.4 Å². The number of amidine groups is 1. The van der Waals surface area contributed by atoms with Crippen LogP contribution in [0.3, 0.4) is 0 Å². The molecule has 4 N–H and O–H groups in total. The number of furan rings is 1. The van der Waals surface area contributed by atoms with E-state index in [1.807, 2.05) is 38.1 Å². The minimum absolute atomic E-state index is 0.0472. The molecule has 0 bridgehead atoms. The number of benzene rings is 2. The average molecular weight is 601 g/mol. The maximum atomic E-state index is 12.5. The number of halogens is 2. The van der Waals surface area contributed by atoms with Crippen LogP contribution in [0.1, 0.15) is 48.4 Å². The first-order valence-electron chi connectivity index (χ1n) is 13.8. The average Bonchev–Trinajstić information content (AvgIpc) is 3.46. The summed E-state index contributed by atoms with van der Waals surface area (Å²) >= 11 is 11.8. The number of alkyl halides is 2. The number of aryl methyl sites for hydroxylation is 1. The molecule has 41 heavy (non-hydrogen) atoms. The molecule has 0 radical (unpaired) electrons.